The number of nitrogens with two attached hydrogens (primary N) is 1. The van der Waals surface area contributed by atoms with Gasteiger partial charge in [0, 0.05) is 38.7 Å². The van der Waals surface area contributed by atoms with Gasteiger partial charge in [0.05, 0.1) is 5.92 Å². The molecule has 0 spiro atoms. The number of nitrogens with zero attached hydrogens (tertiary/aromatic N) is 5. The molecule has 4 N–H and O–H groups in total. The zero-order valence-electron chi connectivity index (χ0n) is 20.4. The molecule has 1 aliphatic rings. The second-order valence-electron chi connectivity index (χ2n) is 8.88. The van der Waals surface area contributed by atoms with Gasteiger partial charge >= 0.3 is 0 Å². The minimum Gasteiger partial charge on any atom is -0.384 e. The van der Waals surface area contributed by atoms with Crippen molar-refractivity contribution >= 4 is 23.6 Å². The third-order valence-corrected chi connectivity index (χ3v) is 6.53. The summed E-state index contributed by atoms with van der Waals surface area (Å²) in [5.74, 6) is -1.10. The number of amides is 2. The van der Waals surface area contributed by atoms with Gasteiger partial charge in [0.25, 0.3) is 5.91 Å². The lowest BCUT2D eigenvalue weighted by atomic mass is 9.81. The normalized spacial score (nSPS) is 19.0. The Morgan fingerprint density at radius 3 is 2.58 bits per heavy atom. The monoisotopic (exact) mass is 495 g/mol. The Morgan fingerprint density at radius 1 is 1.25 bits per heavy atom. The van der Waals surface area contributed by atoms with Crippen molar-refractivity contribution in [3.8, 4) is 0 Å². The molecule has 0 aliphatic carbocycles. The van der Waals surface area contributed by atoms with E-state index in [1.807, 2.05) is 6.92 Å². The first kappa shape index (κ1) is 25.3. The predicted octanol–water partition coefficient (Wildman–Crippen LogP) is 1.59. The predicted molar refractivity (Wildman–Crippen MR) is 132 cm³/mol. The van der Waals surface area contributed by atoms with E-state index in [9.17, 15) is 19.1 Å². The molecule has 36 heavy (non-hydrogen) atoms. The van der Waals surface area contributed by atoms with Gasteiger partial charge in [0.2, 0.25) is 11.9 Å². The van der Waals surface area contributed by atoms with Crippen LogP contribution in [0.15, 0.2) is 55.0 Å². The minimum atomic E-state index is -1.44. The van der Waals surface area contributed by atoms with E-state index < -0.39 is 18.3 Å². The van der Waals surface area contributed by atoms with Crippen LogP contribution >= 0.6 is 0 Å². The lowest BCUT2D eigenvalue weighted by Gasteiger charge is -2.49. The number of aliphatic hydroxyl groups excluding tert-OH is 1. The second kappa shape index (κ2) is 10.4. The van der Waals surface area contributed by atoms with Crippen LogP contribution < -0.4 is 16.0 Å². The van der Waals surface area contributed by atoms with Gasteiger partial charge in [-0.1, -0.05) is 19.1 Å². The van der Waals surface area contributed by atoms with Crippen LogP contribution in [0.5, 0.6) is 0 Å². The topological polar surface area (TPSA) is 130 Å². The number of pyridine rings is 1. The number of hydrogen-bond donors (Lipinski definition) is 3. The van der Waals surface area contributed by atoms with E-state index in [0.717, 1.165) is 16.0 Å². The number of aryl methyl sites for hydroxylation is 1. The number of likely N-dealkylation sites (N-methyl/N-ethyl adjacent to an activating group) is 1. The number of imidazole rings is 1. The van der Waals surface area contributed by atoms with Crippen molar-refractivity contribution in [2.24, 2.45) is 13.0 Å². The Kier molecular flexibility index (Phi) is 7.32. The number of nitrogens with one attached hydrogen (secondary N) is 1. The first-order valence-electron chi connectivity index (χ1n) is 11.7. The van der Waals surface area contributed by atoms with E-state index in [1.165, 1.54) is 17.0 Å². The smallest absolute Gasteiger partial charge is 0.252 e. The van der Waals surface area contributed by atoms with Crippen LogP contribution in [0, 0.1) is 11.7 Å². The average molecular weight is 496 g/mol. The van der Waals surface area contributed by atoms with Crippen LogP contribution in [0.2, 0.25) is 0 Å². The molecule has 11 heteroatoms. The average Bonchev–Trinajstić information content (AvgIpc) is 3.29. The van der Waals surface area contributed by atoms with Crippen molar-refractivity contribution in [1.29, 1.82) is 0 Å². The molecule has 10 nitrogen and oxygen atoms in total. The molecular weight excluding hydrogens is 465 g/mol. The summed E-state index contributed by atoms with van der Waals surface area (Å²) in [6.07, 6.45) is 4.23. The van der Waals surface area contributed by atoms with Crippen LogP contribution in [0.25, 0.3) is 0 Å². The molecule has 3 heterocycles. The Hall–Kier alpha value is -3.83. The molecule has 2 aromatic heterocycles. The van der Waals surface area contributed by atoms with Gasteiger partial charge in [-0.05, 0) is 48.2 Å². The molecule has 1 aliphatic heterocycles. The number of rotatable bonds is 9. The first-order chi connectivity index (χ1) is 17.2. The van der Waals surface area contributed by atoms with E-state index in [-0.39, 0.29) is 30.1 Å². The van der Waals surface area contributed by atoms with Crippen molar-refractivity contribution in [2.75, 3.05) is 17.7 Å². The minimum absolute atomic E-state index is 0.259. The fourth-order valence-corrected chi connectivity index (χ4v) is 4.60. The number of anilines is 2. The summed E-state index contributed by atoms with van der Waals surface area (Å²) in [6, 6.07) is 8.02. The SMILES string of the molecule is CC[C@@H](NC(O)N1C(=O)[C@H](Cc2ccnc(N)c2)[C@H]1C(=O)N(C)c1nccn1C)c1ccc(F)cc1. The summed E-state index contributed by atoms with van der Waals surface area (Å²) < 4.78 is 15.1. The lowest BCUT2D eigenvalue weighted by molar-refractivity contribution is -0.183. The number of nitrogen functional groups attached to an aromatic ring is 1. The number of aromatic nitrogens is 3. The van der Waals surface area contributed by atoms with Gasteiger partial charge in [0.1, 0.15) is 17.7 Å². The number of carbonyl (C=O) groups excluding carboxylic acids is 2. The van der Waals surface area contributed by atoms with E-state index in [1.54, 1.807) is 61.5 Å². The van der Waals surface area contributed by atoms with Crippen molar-refractivity contribution in [3.05, 3.63) is 71.9 Å². The van der Waals surface area contributed by atoms with E-state index in [2.05, 4.69) is 15.3 Å². The molecule has 0 bridgehead atoms. The van der Waals surface area contributed by atoms with Crippen LogP contribution in [0.3, 0.4) is 0 Å². The zero-order chi connectivity index (χ0) is 26.0. The largest absolute Gasteiger partial charge is 0.384 e. The Bertz CT molecular complexity index is 1230. The summed E-state index contributed by atoms with van der Waals surface area (Å²) in [5.41, 5.74) is 7.31. The highest BCUT2D eigenvalue weighted by atomic mass is 19.1. The quantitative estimate of drug-likeness (QED) is 0.304. The van der Waals surface area contributed by atoms with Crippen LogP contribution in [-0.2, 0) is 23.1 Å². The molecule has 0 radical (unpaired) electrons. The standard InChI is InChI=1S/C25H30FN7O3/c1-4-19(16-5-7-17(26)8-6-16)30-25(36)33-21(23(35)32(3)24-29-11-12-31(24)2)18(22(33)34)13-15-9-10-28-20(27)14-15/h5-12,14,18-19,21,25,30,36H,4,13H2,1-3H3,(H2,27,28)/t18-,19-,21+,25?/m1/s1. The summed E-state index contributed by atoms with van der Waals surface area (Å²) in [6.45, 7) is 1.90. The van der Waals surface area contributed by atoms with Crippen LogP contribution in [-0.4, -0.2) is 55.8 Å². The third kappa shape index (κ3) is 4.93. The maximum absolute atomic E-state index is 13.6. The Morgan fingerprint density at radius 2 is 1.97 bits per heavy atom. The molecule has 3 aromatic rings. The van der Waals surface area contributed by atoms with Crippen LogP contribution in [0.1, 0.15) is 30.5 Å². The van der Waals surface area contributed by atoms with Crippen molar-refractivity contribution < 1.29 is 19.1 Å². The van der Waals surface area contributed by atoms with Gasteiger partial charge in [-0.3, -0.25) is 24.7 Å². The Balaban J connectivity index is 1.59. The van der Waals surface area contributed by atoms with Gasteiger partial charge in [-0.15, -0.1) is 0 Å². The maximum atomic E-state index is 13.6. The molecular formula is C25H30FN7O3. The van der Waals surface area contributed by atoms with Crippen molar-refractivity contribution in [2.45, 2.75) is 38.2 Å². The number of hydrogen-bond acceptors (Lipinski definition) is 7. The summed E-state index contributed by atoms with van der Waals surface area (Å²) >= 11 is 0. The van der Waals surface area contributed by atoms with Crippen molar-refractivity contribution in [3.63, 3.8) is 0 Å². The molecule has 1 unspecified atom stereocenters. The van der Waals surface area contributed by atoms with E-state index in [0.29, 0.717) is 18.2 Å². The Labute approximate surface area is 208 Å². The molecule has 2 amide bonds. The summed E-state index contributed by atoms with van der Waals surface area (Å²) in [4.78, 5) is 37.6. The first-order valence-corrected chi connectivity index (χ1v) is 11.7. The number of likely N-dealkylation sites (tertiary alicyclic amines) is 1. The molecule has 1 aromatic carbocycles. The van der Waals surface area contributed by atoms with Gasteiger partial charge in [-0.2, -0.15) is 0 Å². The third-order valence-electron chi connectivity index (χ3n) is 6.53. The number of halogens is 1. The lowest BCUT2D eigenvalue weighted by Crippen LogP contribution is -2.72. The summed E-state index contributed by atoms with van der Waals surface area (Å²) in [7, 11) is 3.35. The fourth-order valence-electron chi connectivity index (χ4n) is 4.60. The van der Waals surface area contributed by atoms with E-state index >= 15 is 0 Å². The highest BCUT2D eigenvalue weighted by Crippen LogP contribution is 2.34. The maximum Gasteiger partial charge on any atom is 0.252 e. The number of benzene rings is 1. The van der Waals surface area contributed by atoms with Crippen molar-refractivity contribution in [1.82, 2.24) is 24.8 Å². The molecule has 4 rings (SSSR count). The van der Waals surface area contributed by atoms with Crippen LogP contribution in [0.4, 0.5) is 16.2 Å². The van der Waals surface area contributed by atoms with Gasteiger partial charge in [-0.25, -0.2) is 14.4 Å². The van der Waals surface area contributed by atoms with E-state index in [4.69, 9.17) is 5.73 Å². The number of β-lactam (4-membered cyclic amide) rings is 1. The summed E-state index contributed by atoms with van der Waals surface area (Å²) in [5, 5.41) is 14.1. The number of carbonyl (C=O) groups is 2. The number of aliphatic hydroxyl groups is 1. The molecule has 1 fully saturated rings. The highest BCUT2D eigenvalue weighted by molar-refractivity contribution is 6.05. The molecule has 190 valence electrons. The zero-order valence-corrected chi connectivity index (χ0v) is 20.4. The molecule has 1 saturated heterocycles. The molecule has 0 saturated carbocycles. The highest BCUT2D eigenvalue weighted by Gasteiger charge is 2.55. The van der Waals surface area contributed by atoms with Gasteiger partial charge in [0.15, 0.2) is 6.35 Å². The van der Waals surface area contributed by atoms with Gasteiger partial charge < -0.3 is 15.4 Å². The fraction of sp³-hybridized carbons (Fsp3) is 0.360. The second-order valence-corrected chi connectivity index (χ2v) is 8.88. The molecule has 4 atom stereocenters.